The molecule has 2 heteroatoms. The first-order valence-corrected chi connectivity index (χ1v) is 5.92. The first-order valence-electron chi connectivity index (χ1n) is 5.92. The van der Waals surface area contributed by atoms with Crippen LogP contribution in [0.1, 0.15) is 40.5 Å². The van der Waals surface area contributed by atoms with Gasteiger partial charge >= 0.3 is 0 Å². The van der Waals surface area contributed by atoms with Crippen molar-refractivity contribution in [1.82, 2.24) is 4.90 Å². The molecule has 1 aliphatic carbocycles. The van der Waals surface area contributed by atoms with Gasteiger partial charge in [0.25, 0.3) is 0 Å². The fourth-order valence-corrected chi connectivity index (χ4v) is 2.00. The molecule has 0 saturated heterocycles. The molecular weight excluding hydrogens is 172 g/mol. The van der Waals surface area contributed by atoms with Gasteiger partial charge in [-0.2, -0.15) is 0 Å². The van der Waals surface area contributed by atoms with Gasteiger partial charge in [0, 0.05) is 25.2 Å². The monoisotopic (exact) mass is 198 g/mol. The van der Waals surface area contributed by atoms with E-state index in [-0.39, 0.29) is 5.54 Å². The van der Waals surface area contributed by atoms with E-state index in [2.05, 4.69) is 32.6 Å². The molecule has 0 bridgehead atoms. The molecule has 0 radical (unpaired) electrons. The number of rotatable bonds is 6. The highest BCUT2D eigenvalue weighted by molar-refractivity contribution is 5.01. The summed E-state index contributed by atoms with van der Waals surface area (Å²) < 4.78 is 0. The maximum atomic E-state index is 6.16. The summed E-state index contributed by atoms with van der Waals surface area (Å²) >= 11 is 0. The lowest BCUT2D eigenvalue weighted by atomic mass is 10.1. The molecule has 0 aliphatic heterocycles. The molecule has 0 heterocycles. The van der Waals surface area contributed by atoms with E-state index in [4.69, 9.17) is 5.73 Å². The number of nitrogens with zero attached hydrogens (tertiary/aromatic N) is 1. The van der Waals surface area contributed by atoms with Crippen molar-refractivity contribution in [2.45, 2.75) is 46.1 Å². The minimum Gasteiger partial charge on any atom is -0.324 e. The maximum absolute atomic E-state index is 6.16. The van der Waals surface area contributed by atoms with E-state index in [0.29, 0.717) is 0 Å². The molecule has 0 aromatic rings. The molecule has 0 aromatic heterocycles. The van der Waals surface area contributed by atoms with Crippen molar-refractivity contribution in [1.29, 1.82) is 0 Å². The average Bonchev–Trinajstić information content (AvgIpc) is 2.63. The van der Waals surface area contributed by atoms with Crippen LogP contribution in [0.3, 0.4) is 0 Å². The maximum Gasteiger partial charge on any atom is 0.0284 e. The van der Waals surface area contributed by atoms with Crippen LogP contribution in [0.25, 0.3) is 0 Å². The van der Waals surface area contributed by atoms with E-state index in [9.17, 15) is 0 Å². The van der Waals surface area contributed by atoms with Gasteiger partial charge in [0.1, 0.15) is 0 Å². The van der Waals surface area contributed by atoms with Gasteiger partial charge in [-0.05, 0) is 24.7 Å². The Bertz CT molecular complexity index is 161. The summed E-state index contributed by atoms with van der Waals surface area (Å²) in [5.41, 5.74) is 6.33. The molecule has 84 valence electrons. The number of nitrogens with two attached hydrogens (primary N) is 1. The van der Waals surface area contributed by atoms with E-state index in [1.165, 1.54) is 25.9 Å². The Morgan fingerprint density at radius 2 is 1.50 bits per heavy atom. The third kappa shape index (κ3) is 4.43. The zero-order chi connectivity index (χ0) is 10.8. The molecule has 2 N–H and O–H groups in total. The van der Waals surface area contributed by atoms with Gasteiger partial charge in [-0.15, -0.1) is 0 Å². The van der Waals surface area contributed by atoms with Crippen LogP contribution in [0.4, 0.5) is 0 Å². The zero-order valence-corrected chi connectivity index (χ0v) is 10.2. The Hall–Kier alpha value is -0.0800. The minimum absolute atomic E-state index is 0.170. The minimum atomic E-state index is 0.170. The quantitative estimate of drug-likeness (QED) is 0.708. The number of hydrogen-bond acceptors (Lipinski definition) is 2. The van der Waals surface area contributed by atoms with Crippen LogP contribution >= 0.6 is 0 Å². The van der Waals surface area contributed by atoms with Gasteiger partial charge in [-0.25, -0.2) is 0 Å². The largest absolute Gasteiger partial charge is 0.324 e. The third-order valence-corrected chi connectivity index (χ3v) is 2.68. The van der Waals surface area contributed by atoms with Gasteiger partial charge in [-0.3, -0.25) is 0 Å². The Balaban J connectivity index is 2.35. The van der Waals surface area contributed by atoms with Crippen molar-refractivity contribution < 1.29 is 0 Å². The fourth-order valence-electron chi connectivity index (χ4n) is 2.00. The lowest BCUT2D eigenvalue weighted by Crippen LogP contribution is -2.42. The molecule has 1 aliphatic rings. The predicted octanol–water partition coefficient (Wildman–Crippen LogP) is 2.09. The van der Waals surface area contributed by atoms with Crippen molar-refractivity contribution >= 4 is 0 Å². The molecule has 2 nitrogen and oxygen atoms in total. The van der Waals surface area contributed by atoms with E-state index in [0.717, 1.165) is 18.4 Å². The molecule has 0 aromatic carbocycles. The summed E-state index contributed by atoms with van der Waals surface area (Å²) in [6.07, 6.45) is 2.44. The molecule has 0 unspecified atom stereocenters. The van der Waals surface area contributed by atoms with Crippen molar-refractivity contribution in [3.8, 4) is 0 Å². The van der Waals surface area contributed by atoms with Gasteiger partial charge in [-0.1, -0.05) is 27.7 Å². The average molecular weight is 198 g/mol. The van der Waals surface area contributed by atoms with E-state index in [1.807, 2.05) is 0 Å². The van der Waals surface area contributed by atoms with Gasteiger partial charge in [0.05, 0.1) is 0 Å². The second-order valence-electron chi connectivity index (χ2n) is 5.84. The normalized spacial score (nSPS) is 19.7. The molecule has 0 spiro atoms. The lowest BCUT2D eigenvalue weighted by molar-refractivity contribution is 0.202. The van der Waals surface area contributed by atoms with Crippen LogP contribution in [0.2, 0.25) is 0 Å². The summed E-state index contributed by atoms with van der Waals surface area (Å²) in [6, 6.07) is 0. The predicted molar refractivity (Wildman–Crippen MR) is 62.3 cm³/mol. The summed E-state index contributed by atoms with van der Waals surface area (Å²) in [5, 5.41) is 0. The van der Waals surface area contributed by atoms with Crippen molar-refractivity contribution in [3.63, 3.8) is 0 Å². The first-order chi connectivity index (χ1) is 6.41. The van der Waals surface area contributed by atoms with E-state index < -0.39 is 0 Å². The molecule has 1 saturated carbocycles. The van der Waals surface area contributed by atoms with Crippen LogP contribution in [0.15, 0.2) is 0 Å². The summed E-state index contributed by atoms with van der Waals surface area (Å²) in [5.74, 6) is 1.49. The molecular formula is C12H26N2. The molecule has 14 heavy (non-hydrogen) atoms. The highest BCUT2D eigenvalue weighted by Crippen LogP contribution is 2.33. The molecule has 0 atom stereocenters. The van der Waals surface area contributed by atoms with Crippen LogP contribution < -0.4 is 5.73 Å². The van der Waals surface area contributed by atoms with Gasteiger partial charge < -0.3 is 10.6 Å². The van der Waals surface area contributed by atoms with Crippen LogP contribution in [-0.2, 0) is 0 Å². The first kappa shape index (κ1) is 12.0. The van der Waals surface area contributed by atoms with Crippen molar-refractivity contribution in [3.05, 3.63) is 0 Å². The van der Waals surface area contributed by atoms with Crippen molar-refractivity contribution in [2.24, 2.45) is 17.6 Å². The standard InChI is InChI=1S/C12H26N2/c1-10(2)7-14(8-11(3)4)9-12(13)5-6-12/h10-11H,5-9,13H2,1-4H3. The smallest absolute Gasteiger partial charge is 0.0284 e. The van der Waals surface area contributed by atoms with Crippen LogP contribution in [-0.4, -0.2) is 30.1 Å². The topological polar surface area (TPSA) is 29.3 Å². The van der Waals surface area contributed by atoms with E-state index >= 15 is 0 Å². The second kappa shape index (κ2) is 4.63. The summed E-state index contributed by atoms with van der Waals surface area (Å²) in [4.78, 5) is 2.54. The van der Waals surface area contributed by atoms with Gasteiger partial charge in [0.2, 0.25) is 0 Å². The lowest BCUT2D eigenvalue weighted by Gasteiger charge is -2.28. The third-order valence-electron chi connectivity index (χ3n) is 2.68. The van der Waals surface area contributed by atoms with Crippen molar-refractivity contribution in [2.75, 3.05) is 19.6 Å². The Morgan fingerprint density at radius 3 is 1.79 bits per heavy atom. The second-order valence-corrected chi connectivity index (χ2v) is 5.84. The highest BCUT2D eigenvalue weighted by atomic mass is 15.2. The highest BCUT2D eigenvalue weighted by Gasteiger charge is 2.39. The Labute approximate surface area is 88.8 Å². The van der Waals surface area contributed by atoms with Crippen LogP contribution in [0.5, 0.6) is 0 Å². The Morgan fingerprint density at radius 1 is 1.07 bits per heavy atom. The molecule has 1 rings (SSSR count). The fraction of sp³-hybridized carbons (Fsp3) is 1.00. The summed E-state index contributed by atoms with van der Waals surface area (Å²) in [7, 11) is 0. The zero-order valence-electron chi connectivity index (χ0n) is 10.2. The SMILES string of the molecule is CC(C)CN(CC(C)C)CC1(N)CC1. The molecule has 0 amide bonds. The number of hydrogen-bond donors (Lipinski definition) is 1. The Kier molecular flexibility index (Phi) is 3.96. The van der Waals surface area contributed by atoms with E-state index in [1.54, 1.807) is 0 Å². The summed E-state index contributed by atoms with van der Waals surface area (Å²) in [6.45, 7) is 12.6. The van der Waals surface area contributed by atoms with Gasteiger partial charge in [0.15, 0.2) is 0 Å². The van der Waals surface area contributed by atoms with Crippen LogP contribution in [0, 0.1) is 11.8 Å². The molecule has 1 fully saturated rings.